The van der Waals surface area contributed by atoms with E-state index >= 15 is 0 Å². The first-order chi connectivity index (χ1) is 13.5. The van der Waals surface area contributed by atoms with Crippen LogP contribution in [0.3, 0.4) is 0 Å². The van der Waals surface area contributed by atoms with Crippen molar-refractivity contribution in [2.45, 2.75) is 30.7 Å². The normalized spacial score (nSPS) is 11.5. The van der Waals surface area contributed by atoms with Crippen LogP contribution >= 0.6 is 58.2 Å². The smallest absolute Gasteiger partial charge is 0.191 e. The van der Waals surface area contributed by atoms with E-state index in [1.54, 1.807) is 23.0 Å². The van der Waals surface area contributed by atoms with Crippen molar-refractivity contribution in [3.8, 4) is 0 Å². The third-order valence-corrected chi connectivity index (χ3v) is 6.20. The number of halogens is 4. The third kappa shape index (κ3) is 5.22. The molecule has 1 aromatic heterocycles. The molecule has 0 radical (unpaired) electrons. The fourth-order valence-electron chi connectivity index (χ4n) is 2.39. The van der Waals surface area contributed by atoms with Gasteiger partial charge >= 0.3 is 0 Å². The summed E-state index contributed by atoms with van der Waals surface area (Å²) < 4.78 is 1.72. The Labute approximate surface area is 187 Å². The average Bonchev–Trinajstić information content (AvgIpc) is 3.06. The van der Waals surface area contributed by atoms with Crippen LogP contribution in [0.5, 0.6) is 0 Å². The summed E-state index contributed by atoms with van der Waals surface area (Å²) in [5, 5.41) is 15.7. The highest BCUT2D eigenvalue weighted by atomic mass is 35.5. The fourth-order valence-corrected chi connectivity index (χ4v) is 4.01. The van der Waals surface area contributed by atoms with Crippen LogP contribution < -0.4 is 0 Å². The molecule has 0 aliphatic carbocycles. The van der Waals surface area contributed by atoms with Gasteiger partial charge in [0.25, 0.3) is 0 Å². The summed E-state index contributed by atoms with van der Waals surface area (Å²) in [5.74, 6) is 1.49. The van der Waals surface area contributed by atoms with E-state index in [-0.39, 0.29) is 0 Å². The SMILES string of the molecule is CCCc1nnc(SCc2ccc(Cl)cc2)n1/N=C/c1c(Cl)ccc(Cl)c1Cl. The zero-order valence-electron chi connectivity index (χ0n) is 14.9. The second-order valence-electron chi connectivity index (χ2n) is 5.88. The quantitative estimate of drug-likeness (QED) is 0.210. The summed E-state index contributed by atoms with van der Waals surface area (Å²) in [5.41, 5.74) is 1.69. The van der Waals surface area contributed by atoms with Gasteiger partial charge in [-0.15, -0.1) is 10.2 Å². The van der Waals surface area contributed by atoms with Gasteiger partial charge in [-0.25, -0.2) is 0 Å². The summed E-state index contributed by atoms with van der Waals surface area (Å²) in [6.07, 6.45) is 3.27. The van der Waals surface area contributed by atoms with Crippen molar-refractivity contribution in [3.63, 3.8) is 0 Å². The molecule has 4 nitrogen and oxygen atoms in total. The van der Waals surface area contributed by atoms with E-state index in [9.17, 15) is 0 Å². The fraction of sp³-hybridized carbons (Fsp3) is 0.211. The van der Waals surface area contributed by atoms with Gasteiger partial charge in [-0.05, 0) is 36.2 Å². The number of aromatic nitrogens is 3. The molecule has 3 rings (SSSR count). The first-order valence-electron chi connectivity index (χ1n) is 8.49. The van der Waals surface area contributed by atoms with E-state index in [1.807, 2.05) is 24.3 Å². The van der Waals surface area contributed by atoms with Crippen LogP contribution in [0.2, 0.25) is 20.1 Å². The highest BCUT2D eigenvalue weighted by Crippen LogP contribution is 2.30. The lowest BCUT2D eigenvalue weighted by molar-refractivity contribution is 0.700. The maximum Gasteiger partial charge on any atom is 0.212 e. The van der Waals surface area contributed by atoms with Gasteiger partial charge in [-0.3, -0.25) is 0 Å². The van der Waals surface area contributed by atoms with Gasteiger partial charge in [0.1, 0.15) is 0 Å². The van der Waals surface area contributed by atoms with Crippen molar-refractivity contribution in [1.82, 2.24) is 14.9 Å². The van der Waals surface area contributed by atoms with Crippen LogP contribution in [0.15, 0.2) is 46.7 Å². The first-order valence-corrected chi connectivity index (χ1v) is 11.0. The first kappa shape index (κ1) is 21.5. The molecular weight excluding hydrogens is 458 g/mol. The van der Waals surface area contributed by atoms with E-state index in [1.165, 1.54) is 11.8 Å². The third-order valence-electron chi connectivity index (χ3n) is 3.81. The Kier molecular flexibility index (Phi) is 7.66. The number of aryl methyl sites for hydroxylation is 1. The molecule has 0 bridgehead atoms. The molecular formula is C19H16Cl4N4S. The molecule has 28 heavy (non-hydrogen) atoms. The van der Waals surface area contributed by atoms with Gasteiger partial charge in [0.15, 0.2) is 5.82 Å². The Hall–Kier alpha value is -1.24. The maximum absolute atomic E-state index is 6.27. The Bertz CT molecular complexity index is 986. The van der Waals surface area contributed by atoms with Crippen LogP contribution in [-0.4, -0.2) is 21.1 Å². The van der Waals surface area contributed by atoms with Crippen LogP contribution in [-0.2, 0) is 12.2 Å². The molecule has 0 fully saturated rings. The Morgan fingerprint density at radius 3 is 2.43 bits per heavy atom. The second kappa shape index (κ2) is 9.99. The minimum Gasteiger partial charge on any atom is -0.191 e. The summed E-state index contributed by atoms with van der Waals surface area (Å²) >= 11 is 26.1. The largest absolute Gasteiger partial charge is 0.212 e. The molecule has 0 saturated carbocycles. The molecule has 0 atom stereocenters. The number of rotatable bonds is 7. The van der Waals surface area contributed by atoms with Crippen LogP contribution in [0, 0.1) is 0 Å². The van der Waals surface area contributed by atoms with Gasteiger partial charge in [0.2, 0.25) is 5.16 Å². The van der Waals surface area contributed by atoms with Gasteiger partial charge in [-0.2, -0.15) is 9.78 Å². The topological polar surface area (TPSA) is 43.1 Å². The molecule has 146 valence electrons. The highest BCUT2D eigenvalue weighted by molar-refractivity contribution is 7.98. The summed E-state index contributed by atoms with van der Waals surface area (Å²) in [6, 6.07) is 11.0. The van der Waals surface area contributed by atoms with Crippen molar-refractivity contribution < 1.29 is 0 Å². The zero-order valence-corrected chi connectivity index (χ0v) is 18.7. The van der Waals surface area contributed by atoms with E-state index in [4.69, 9.17) is 46.4 Å². The Balaban J connectivity index is 1.87. The van der Waals surface area contributed by atoms with Crippen molar-refractivity contribution in [2.24, 2.45) is 5.10 Å². The minimum absolute atomic E-state index is 0.360. The monoisotopic (exact) mass is 472 g/mol. The van der Waals surface area contributed by atoms with Crippen LogP contribution in [0.1, 0.15) is 30.3 Å². The van der Waals surface area contributed by atoms with E-state index < -0.39 is 0 Å². The molecule has 9 heteroatoms. The Morgan fingerprint density at radius 2 is 1.71 bits per heavy atom. The van der Waals surface area contributed by atoms with Gasteiger partial charge in [-0.1, -0.05) is 77.2 Å². The highest BCUT2D eigenvalue weighted by Gasteiger charge is 2.13. The standard InChI is InChI=1S/C19H16Cl4N4S/c1-2-3-17-25-26-19(28-11-12-4-6-13(20)7-5-12)27(17)24-10-14-15(21)8-9-16(22)18(14)23/h4-10H,2-3,11H2,1H3/b24-10+. The Morgan fingerprint density at radius 1 is 1.00 bits per heavy atom. The second-order valence-corrected chi connectivity index (χ2v) is 8.45. The van der Waals surface area contributed by atoms with Gasteiger partial charge in [0.05, 0.1) is 21.3 Å². The van der Waals surface area contributed by atoms with E-state index in [2.05, 4.69) is 22.2 Å². The molecule has 0 amide bonds. The lowest BCUT2D eigenvalue weighted by Gasteiger charge is -2.06. The van der Waals surface area contributed by atoms with Crippen molar-refractivity contribution in [1.29, 1.82) is 0 Å². The summed E-state index contributed by atoms with van der Waals surface area (Å²) in [7, 11) is 0. The molecule has 0 aliphatic rings. The lowest BCUT2D eigenvalue weighted by atomic mass is 10.2. The van der Waals surface area contributed by atoms with Crippen molar-refractivity contribution >= 4 is 64.4 Å². The average molecular weight is 474 g/mol. The van der Waals surface area contributed by atoms with Crippen LogP contribution in [0.4, 0.5) is 0 Å². The molecule has 0 unspecified atom stereocenters. The predicted molar refractivity (Wildman–Crippen MR) is 119 cm³/mol. The zero-order chi connectivity index (χ0) is 20.1. The van der Waals surface area contributed by atoms with Crippen molar-refractivity contribution in [2.75, 3.05) is 0 Å². The number of hydrogen-bond donors (Lipinski definition) is 0. The lowest BCUT2D eigenvalue weighted by Crippen LogP contribution is -2.01. The summed E-state index contributed by atoms with van der Waals surface area (Å²) in [6.45, 7) is 2.08. The molecule has 0 aliphatic heterocycles. The minimum atomic E-state index is 0.360. The number of benzene rings is 2. The van der Waals surface area contributed by atoms with E-state index in [0.717, 1.165) is 30.0 Å². The summed E-state index contributed by atoms with van der Waals surface area (Å²) in [4.78, 5) is 0. The maximum atomic E-state index is 6.27. The van der Waals surface area contributed by atoms with E-state index in [0.29, 0.717) is 30.8 Å². The number of hydrogen-bond acceptors (Lipinski definition) is 4. The molecule has 0 N–H and O–H groups in total. The van der Waals surface area contributed by atoms with Gasteiger partial charge < -0.3 is 0 Å². The molecule has 3 aromatic rings. The number of nitrogens with zero attached hydrogens (tertiary/aromatic N) is 4. The van der Waals surface area contributed by atoms with Gasteiger partial charge in [0, 0.05) is 22.8 Å². The molecule has 1 heterocycles. The van der Waals surface area contributed by atoms with Crippen molar-refractivity contribution in [3.05, 3.63) is 73.4 Å². The predicted octanol–water partition coefficient (Wildman–Crippen LogP) is 7.02. The molecule has 2 aromatic carbocycles. The van der Waals surface area contributed by atoms with Crippen LogP contribution in [0.25, 0.3) is 0 Å². The molecule has 0 spiro atoms. The molecule has 0 saturated heterocycles. The number of thioether (sulfide) groups is 1.